The van der Waals surface area contributed by atoms with Crippen LogP contribution in [0, 0.1) is 5.82 Å². The molecule has 1 aromatic heterocycles. The van der Waals surface area contributed by atoms with Crippen LogP contribution in [0.25, 0.3) is 10.9 Å². The predicted molar refractivity (Wildman–Crippen MR) is 234 cm³/mol. The number of methoxy groups -OCH3 is 1. The molecule has 4 aliphatic rings. The summed E-state index contributed by atoms with van der Waals surface area (Å²) < 4.78 is 19.3. The number of anilines is 3. The highest BCUT2D eigenvalue weighted by atomic mass is 35.5. The maximum atomic E-state index is 13.7. The number of amides is 5. The van der Waals surface area contributed by atoms with Gasteiger partial charge >= 0.3 is 0 Å². The number of hydrogen-bond donors (Lipinski definition) is 3. The van der Waals surface area contributed by atoms with Crippen molar-refractivity contribution in [3.63, 3.8) is 0 Å². The molecule has 4 aliphatic heterocycles. The van der Waals surface area contributed by atoms with Gasteiger partial charge in [-0.05, 0) is 74.3 Å². The van der Waals surface area contributed by atoms with Gasteiger partial charge in [-0.2, -0.15) is 0 Å². The van der Waals surface area contributed by atoms with Gasteiger partial charge in [0.05, 0.1) is 23.3 Å². The van der Waals surface area contributed by atoms with Gasteiger partial charge in [0.1, 0.15) is 29.8 Å². The Morgan fingerprint density at radius 2 is 1.82 bits per heavy atom. The zero-order valence-electron chi connectivity index (χ0n) is 34.2. The Morgan fingerprint density at radius 3 is 2.58 bits per heavy atom. The standard InChI is InChI=1S/C44H47ClFN9O6S/c1-61-37-24-34-30(42(48-26-47-34)49-27-7-8-33(46)32(45)22-27)23-35(37)50-39(56)6-3-14-52-15-11-28(12-16-52)53-17-19-54(20-18-53)41(58)13-21-62-38-5-2-4-29-31(38)25-55(44(29)60)36-9-10-40(57)51-43(36)59/h2-8,22-24,26,28,36H,9-21,25H2,1H3,(H,50,56)(H,47,48,49)(H,51,57,59)/b6-3+. The molecule has 3 fully saturated rings. The maximum Gasteiger partial charge on any atom is 0.255 e. The van der Waals surface area contributed by atoms with Gasteiger partial charge in [-0.3, -0.25) is 39.1 Å². The lowest BCUT2D eigenvalue weighted by atomic mass is 10.0. The maximum absolute atomic E-state index is 13.7. The minimum absolute atomic E-state index is 0.0225. The fraction of sp³-hybridized carbons (Fsp3) is 0.386. The van der Waals surface area contributed by atoms with Crippen molar-refractivity contribution in [3.8, 4) is 5.75 Å². The van der Waals surface area contributed by atoms with E-state index in [0.29, 0.717) is 90.2 Å². The van der Waals surface area contributed by atoms with E-state index < -0.39 is 17.8 Å². The molecule has 1 unspecified atom stereocenters. The molecule has 3 N–H and O–H groups in total. The van der Waals surface area contributed by atoms with E-state index in [-0.39, 0.29) is 35.1 Å². The van der Waals surface area contributed by atoms with Crippen LogP contribution in [-0.2, 0) is 25.7 Å². The van der Waals surface area contributed by atoms with Crippen LogP contribution >= 0.6 is 23.4 Å². The number of carbonyl (C=O) groups excluding carboxylic acids is 5. The highest BCUT2D eigenvalue weighted by Gasteiger charge is 2.40. The number of halogens is 2. The molecule has 0 spiro atoms. The van der Waals surface area contributed by atoms with Gasteiger partial charge in [0.15, 0.2) is 0 Å². The average molecular weight is 884 g/mol. The Hall–Kier alpha value is -5.62. The number of thioether (sulfide) groups is 1. The number of fused-ring (bicyclic) bond motifs is 2. The SMILES string of the molecule is COc1cc2ncnc(Nc3ccc(F)c(Cl)c3)c2cc1NC(=O)/C=C/CN1CCC(N2CCN(C(=O)CCSc3cccc4c3CN(C3CCC(=O)NC3=O)C4=O)CC2)CC1. The summed E-state index contributed by atoms with van der Waals surface area (Å²) in [7, 11) is 1.52. The van der Waals surface area contributed by atoms with Gasteiger partial charge < -0.3 is 25.2 Å². The highest BCUT2D eigenvalue weighted by Crippen LogP contribution is 2.36. The van der Waals surface area contributed by atoms with Crippen molar-refractivity contribution in [2.45, 2.75) is 55.6 Å². The van der Waals surface area contributed by atoms with E-state index in [1.54, 1.807) is 40.9 Å². The first-order chi connectivity index (χ1) is 30.0. The predicted octanol–water partition coefficient (Wildman–Crippen LogP) is 5.22. The van der Waals surface area contributed by atoms with Crippen molar-refractivity contribution in [2.24, 2.45) is 0 Å². The van der Waals surface area contributed by atoms with E-state index in [1.165, 1.54) is 31.6 Å². The first kappa shape index (κ1) is 43.0. The van der Waals surface area contributed by atoms with Crippen LogP contribution in [0.1, 0.15) is 48.0 Å². The quantitative estimate of drug-likeness (QED) is 0.0911. The third kappa shape index (κ3) is 9.70. The molecule has 8 rings (SSSR count). The molecule has 4 aromatic rings. The van der Waals surface area contributed by atoms with Crippen molar-refractivity contribution in [1.82, 2.24) is 34.9 Å². The minimum atomic E-state index is -0.662. The zero-order chi connectivity index (χ0) is 43.3. The van der Waals surface area contributed by atoms with Gasteiger partial charge in [-0.15, -0.1) is 11.8 Å². The third-order valence-electron chi connectivity index (χ3n) is 11.9. The molecule has 62 heavy (non-hydrogen) atoms. The number of ether oxygens (including phenoxy) is 1. The summed E-state index contributed by atoms with van der Waals surface area (Å²) in [5, 5.41) is 9.00. The van der Waals surface area contributed by atoms with Gasteiger partial charge in [-0.1, -0.05) is 23.7 Å². The van der Waals surface area contributed by atoms with E-state index in [2.05, 4.69) is 35.7 Å². The number of nitrogens with one attached hydrogen (secondary N) is 3. The van der Waals surface area contributed by atoms with Gasteiger partial charge in [0, 0.05) is 97.6 Å². The van der Waals surface area contributed by atoms with Gasteiger partial charge in [0.25, 0.3) is 5.91 Å². The Balaban J connectivity index is 0.757. The molecular weight excluding hydrogens is 837 g/mol. The second-order valence-corrected chi connectivity index (χ2v) is 17.2. The molecule has 3 aromatic carbocycles. The van der Waals surface area contributed by atoms with Crippen LogP contribution < -0.4 is 20.7 Å². The summed E-state index contributed by atoms with van der Waals surface area (Å²) in [5.41, 5.74) is 3.02. The number of benzene rings is 3. The number of likely N-dealkylation sites (tertiary alicyclic amines) is 1. The number of hydrogen-bond acceptors (Lipinski definition) is 12. The molecule has 18 heteroatoms. The van der Waals surface area contributed by atoms with Crippen LogP contribution in [0.4, 0.5) is 21.6 Å². The van der Waals surface area contributed by atoms with Crippen molar-refractivity contribution in [3.05, 3.63) is 89.0 Å². The Bertz CT molecular complexity index is 2420. The van der Waals surface area contributed by atoms with Crippen molar-refractivity contribution in [1.29, 1.82) is 0 Å². The lowest BCUT2D eigenvalue weighted by Crippen LogP contribution is -2.54. The molecule has 0 aliphatic carbocycles. The Kier molecular flexibility index (Phi) is 13.3. The van der Waals surface area contributed by atoms with Crippen molar-refractivity contribution in [2.75, 3.05) is 69.3 Å². The summed E-state index contributed by atoms with van der Waals surface area (Å²) in [6, 6.07) is 13.1. The lowest BCUT2D eigenvalue weighted by molar-refractivity contribution is -0.137. The number of rotatable bonds is 13. The molecule has 1 atom stereocenters. The second-order valence-electron chi connectivity index (χ2n) is 15.7. The van der Waals surface area contributed by atoms with Gasteiger partial charge in [0.2, 0.25) is 23.6 Å². The van der Waals surface area contributed by atoms with Crippen LogP contribution in [0.2, 0.25) is 5.02 Å². The molecule has 15 nitrogen and oxygen atoms in total. The smallest absolute Gasteiger partial charge is 0.255 e. The van der Waals surface area contributed by atoms with E-state index in [4.69, 9.17) is 16.3 Å². The molecule has 5 amide bonds. The number of piperidine rings is 2. The van der Waals surface area contributed by atoms with E-state index in [9.17, 15) is 28.4 Å². The fourth-order valence-corrected chi connectivity index (χ4v) is 9.75. The topological polar surface area (TPSA) is 169 Å². The van der Waals surface area contributed by atoms with E-state index >= 15 is 0 Å². The summed E-state index contributed by atoms with van der Waals surface area (Å²) >= 11 is 7.53. The van der Waals surface area contributed by atoms with Crippen molar-refractivity contribution < 1.29 is 33.1 Å². The summed E-state index contributed by atoms with van der Waals surface area (Å²) in [6.45, 7) is 5.79. The zero-order valence-corrected chi connectivity index (χ0v) is 35.8. The van der Waals surface area contributed by atoms with Crippen LogP contribution in [-0.4, -0.2) is 130 Å². The number of imide groups is 1. The molecule has 3 saturated heterocycles. The van der Waals surface area contributed by atoms with E-state index in [0.717, 1.165) is 49.5 Å². The van der Waals surface area contributed by atoms with Crippen LogP contribution in [0.15, 0.2) is 71.9 Å². The first-order valence-corrected chi connectivity index (χ1v) is 22.1. The molecule has 0 radical (unpaired) electrons. The number of piperazine rings is 1. The summed E-state index contributed by atoms with van der Waals surface area (Å²) in [5.74, 6) is -0.183. The molecule has 0 bridgehead atoms. The minimum Gasteiger partial charge on any atom is -0.494 e. The van der Waals surface area contributed by atoms with Gasteiger partial charge in [-0.25, -0.2) is 14.4 Å². The normalized spacial score (nSPS) is 19.0. The Morgan fingerprint density at radius 1 is 1.02 bits per heavy atom. The number of carbonyl (C=O) groups is 5. The van der Waals surface area contributed by atoms with Crippen molar-refractivity contribution >= 4 is 81.0 Å². The number of nitrogens with zero attached hydrogens (tertiary/aromatic N) is 6. The van der Waals surface area contributed by atoms with Crippen LogP contribution in [0.3, 0.4) is 0 Å². The first-order valence-electron chi connectivity index (χ1n) is 20.7. The molecule has 0 saturated carbocycles. The number of aromatic nitrogens is 2. The average Bonchev–Trinajstić information content (AvgIpc) is 3.61. The Labute approximate surface area is 367 Å². The third-order valence-corrected chi connectivity index (χ3v) is 13.3. The summed E-state index contributed by atoms with van der Waals surface area (Å²) in [6.07, 6.45) is 7.72. The summed E-state index contributed by atoms with van der Waals surface area (Å²) in [4.78, 5) is 81.5. The molecule has 324 valence electrons. The lowest BCUT2D eigenvalue weighted by Gasteiger charge is -2.42. The highest BCUT2D eigenvalue weighted by molar-refractivity contribution is 7.99. The largest absolute Gasteiger partial charge is 0.494 e. The van der Waals surface area contributed by atoms with E-state index in [1.807, 2.05) is 23.1 Å². The molecule has 5 heterocycles. The monoisotopic (exact) mass is 883 g/mol. The molecular formula is C44H47ClFN9O6S. The second kappa shape index (κ2) is 19.2. The van der Waals surface area contributed by atoms with Crippen LogP contribution in [0.5, 0.6) is 5.75 Å². The fourth-order valence-electron chi connectivity index (χ4n) is 8.55.